The molecule has 0 unspecified atom stereocenters. The highest BCUT2D eigenvalue weighted by molar-refractivity contribution is 6.59. The van der Waals surface area contributed by atoms with Gasteiger partial charge in [0.1, 0.15) is 0 Å². The molecule has 0 spiro atoms. The van der Waals surface area contributed by atoms with Gasteiger partial charge in [0.2, 0.25) is 0 Å². The molecule has 4 rings (SSSR count). The lowest BCUT2D eigenvalue weighted by molar-refractivity contribution is 0.151. The van der Waals surface area contributed by atoms with Crippen molar-refractivity contribution in [2.45, 2.75) is 11.8 Å². The molecule has 1 heterocycles. The van der Waals surface area contributed by atoms with Crippen LogP contribution in [0.3, 0.4) is 0 Å². The summed E-state index contributed by atoms with van der Waals surface area (Å²) in [5, 5.41) is 27.1. The predicted octanol–water partition coefficient (Wildman–Crippen LogP) is 3.41. The van der Waals surface area contributed by atoms with E-state index >= 15 is 0 Å². The molecule has 3 N–H and O–H groups in total. The van der Waals surface area contributed by atoms with Crippen molar-refractivity contribution in [3.8, 4) is 0 Å². The van der Waals surface area contributed by atoms with Crippen LogP contribution in [0.5, 0.6) is 0 Å². The summed E-state index contributed by atoms with van der Waals surface area (Å²) in [7, 11) is -1.79. The Morgan fingerprint density at radius 2 is 1.37 bits per heavy atom. The monoisotopic (exact) mass is 404 g/mol. The Kier molecular flexibility index (Phi) is 5.48. The largest absolute Gasteiger partial charge is 0.492 e. The van der Waals surface area contributed by atoms with E-state index in [4.69, 9.17) is 0 Å². The minimum atomic E-state index is -2.64. The second kappa shape index (κ2) is 8.22. The number of hydrogen-bond donors (Lipinski definition) is 3. The topological polar surface area (TPSA) is 69.1 Å². The fourth-order valence-corrected chi connectivity index (χ4v) is 3.99. The van der Waals surface area contributed by atoms with Crippen molar-refractivity contribution in [3.05, 3.63) is 119 Å². The number of hydrogen-bond acceptors (Lipinski definition) is 3. The molecule has 150 valence electrons. The molecule has 30 heavy (non-hydrogen) atoms. The molecule has 1 aromatic heterocycles. The van der Waals surface area contributed by atoms with E-state index in [2.05, 4.69) is 10.2 Å². The number of H-pyrrole nitrogens is 1. The number of nitrogens with one attached hydrogen (secondary N) is 1. The number of aromatic amines is 1. The Labute approximate surface area is 173 Å². The highest BCUT2D eigenvalue weighted by Gasteiger charge is 2.43. The van der Waals surface area contributed by atoms with Crippen LogP contribution in [-0.4, -0.2) is 27.4 Å². The first-order chi connectivity index (χ1) is 14.5. The van der Waals surface area contributed by atoms with E-state index in [0.717, 1.165) is 11.1 Å². The van der Waals surface area contributed by atoms with Gasteiger partial charge in [0.25, 0.3) is 6.43 Å². The standard InChI is InChI=1S/C23H19BF2N2O2/c25-22(26)16-8-7-13-19(14-16)23(17-9-3-1-4-10-17,18-11-5-2-6-12-18)21-20(24(29)30)15-27-28-21/h1-15,22,29-30H,(H,27,28). The number of benzene rings is 3. The zero-order chi connectivity index (χ0) is 21.1. The number of aromatic nitrogens is 2. The molecule has 0 aliphatic carbocycles. The lowest BCUT2D eigenvalue weighted by Gasteiger charge is -2.35. The number of rotatable bonds is 6. The van der Waals surface area contributed by atoms with Gasteiger partial charge in [-0.2, -0.15) is 5.10 Å². The van der Waals surface area contributed by atoms with Crippen LogP contribution >= 0.6 is 0 Å². The Morgan fingerprint density at radius 3 is 1.90 bits per heavy atom. The van der Waals surface area contributed by atoms with Crippen molar-refractivity contribution in [1.82, 2.24) is 10.2 Å². The molecule has 0 amide bonds. The highest BCUT2D eigenvalue weighted by Crippen LogP contribution is 2.44. The third-order valence-electron chi connectivity index (χ3n) is 5.29. The fraction of sp³-hybridized carbons (Fsp3) is 0.0870. The van der Waals surface area contributed by atoms with Crippen LogP contribution in [0.4, 0.5) is 8.78 Å². The summed E-state index contributed by atoms with van der Waals surface area (Å²) in [5.41, 5.74) is 1.31. The Balaban J connectivity index is 2.15. The maximum atomic E-state index is 13.6. The van der Waals surface area contributed by atoms with Crippen molar-refractivity contribution < 1.29 is 18.8 Å². The first-order valence-corrected chi connectivity index (χ1v) is 9.45. The molecule has 4 nitrogen and oxygen atoms in total. The summed E-state index contributed by atoms with van der Waals surface area (Å²) in [6, 6.07) is 24.8. The number of alkyl halides is 2. The van der Waals surface area contributed by atoms with Gasteiger partial charge in [0.05, 0.1) is 11.1 Å². The molecule has 0 saturated heterocycles. The van der Waals surface area contributed by atoms with Crippen LogP contribution in [0.15, 0.2) is 91.1 Å². The second-order valence-corrected chi connectivity index (χ2v) is 6.97. The molecule has 0 aliphatic heterocycles. The molecule has 0 bridgehead atoms. The van der Waals surface area contributed by atoms with Gasteiger partial charge in [-0.05, 0) is 22.8 Å². The van der Waals surface area contributed by atoms with Crippen molar-refractivity contribution in [3.63, 3.8) is 0 Å². The molecular weight excluding hydrogens is 385 g/mol. The van der Waals surface area contributed by atoms with Gasteiger partial charge in [0.15, 0.2) is 0 Å². The summed E-state index contributed by atoms with van der Waals surface area (Å²) in [5.74, 6) is 0. The normalized spacial score (nSPS) is 11.6. The molecule has 3 aromatic carbocycles. The van der Waals surface area contributed by atoms with Gasteiger partial charge in [-0.3, -0.25) is 5.10 Å². The van der Waals surface area contributed by atoms with Crippen molar-refractivity contribution in [2.24, 2.45) is 0 Å². The summed E-state index contributed by atoms with van der Waals surface area (Å²) in [6.45, 7) is 0. The van der Waals surface area contributed by atoms with Crippen LogP contribution in [0.1, 0.15) is 34.4 Å². The number of halogens is 2. The van der Waals surface area contributed by atoms with Gasteiger partial charge in [-0.1, -0.05) is 78.9 Å². The SMILES string of the molecule is OB(O)c1c[nH]nc1C(c1ccccc1)(c1ccccc1)c1cccc(C(F)F)c1. The second-order valence-electron chi connectivity index (χ2n) is 6.97. The lowest BCUT2D eigenvalue weighted by atomic mass is 9.62. The third kappa shape index (κ3) is 3.32. The van der Waals surface area contributed by atoms with Gasteiger partial charge in [-0.15, -0.1) is 0 Å². The van der Waals surface area contributed by atoms with E-state index in [1.54, 1.807) is 12.1 Å². The maximum Gasteiger partial charge on any atom is 0.492 e. The summed E-state index contributed by atoms with van der Waals surface area (Å²) >= 11 is 0. The summed E-state index contributed by atoms with van der Waals surface area (Å²) in [4.78, 5) is 0. The van der Waals surface area contributed by atoms with E-state index in [0.29, 0.717) is 11.3 Å². The highest BCUT2D eigenvalue weighted by atomic mass is 19.3. The molecule has 7 heteroatoms. The first kappa shape index (κ1) is 20.0. The van der Waals surface area contributed by atoms with E-state index in [9.17, 15) is 18.8 Å². The molecule has 0 atom stereocenters. The van der Waals surface area contributed by atoms with Gasteiger partial charge in [0, 0.05) is 17.2 Å². The van der Waals surface area contributed by atoms with E-state index in [1.807, 2.05) is 60.7 Å². The molecular formula is C23H19BF2N2O2. The molecule has 4 aromatic rings. The summed E-state index contributed by atoms with van der Waals surface area (Å²) in [6.07, 6.45) is -1.23. The lowest BCUT2D eigenvalue weighted by Crippen LogP contribution is -2.41. The minimum absolute atomic E-state index is 0.120. The zero-order valence-corrected chi connectivity index (χ0v) is 15.9. The fourth-order valence-electron chi connectivity index (χ4n) is 3.99. The molecule has 0 radical (unpaired) electrons. The minimum Gasteiger partial charge on any atom is -0.423 e. The van der Waals surface area contributed by atoms with Gasteiger partial charge in [-0.25, -0.2) is 8.78 Å². The Morgan fingerprint density at radius 1 is 0.800 bits per heavy atom. The van der Waals surface area contributed by atoms with E-state index in [1.165, 1.54) is 18.3 Å². The summed E-state index contributed by atoms with van der Waals surface area (Å²) < 4.78 is 27.2. The third-order valence-corrected chi connectivity index (χ3v) is 5.29. The maximum absolute atomic E-state index is 13.6. The van der Waals surface area contributed by atoms with Gasteiger partial charge < -0.3 is 10.0 Å². The average molecular weight is 404 g/mol. The van der Waals surface area contributed by atoms with Crippen LogP contribution in [0, 0.1) is 0 Å². The van der Waals surface area contributed by atoms with Crippen molar-refractivity contribution in [1.29, 1.82) is 0 Å². The first-order valence-electron chi connectivity index (χ1n) is 9.45. The van der Waals surface area contributed by atoms with Gasteiger partial charge >= 0.3 is 7.12 Å². The van der Waals surface area contributed by atoms with E-state index < -0.39 is 19.0 Å². The Hall–Kier alpha value is -3.29. The van der Waals surface area contributed by atoms with E-state index in [-0.39, 0.29) is 11.0 Å². The smallest absolute Gasteiger partial charge is 0.423 e. The molecule has 0 saturated carbocycles. The van der Waals surface area contributed by atoms with Crippen LogP contribution in [0.2, 0.25) is 0 Å². The Bertz CT molecular complexity index is 1080. The van der Waals surface area contributed by atoms with Crippen molar-refractivity contribution in [2.75, 3.05) is 0 Å². The van der Waals surface area contributed by atoms with Crippen LogP contribution in [0.25, 0.3) is 0 Å². The van der Waals surface area contributed by atoms with Crippen LogP contribution < -0.4 is 5.46 Å². The zero-order valence-electron chi connectivity index (χ0n) is 15.9. The molecule has 0 aliphatic rings. The van der Waals surface area contributed by atoms with Crippen molar-refractivity contribution >= 4 is 12.6 Å². The van der Waals surface area contributed by atoms with Crippen LogP contribution in [-0.2, 0) is 5.41 Å². The number of nitrogens with zero attached hydrogens (tertiary/aromatic N) is 1. The average Bonchev–Trinajstić information content (AvgIpc) is 3.27. The molecule has 0 fully saturated rings. The quantitative estimate of drug-likeness (QED) is 0.341. The predicted molar refractivity (Wildman–Crippen MR) is 112 cm³/mol.